The van der Waals surface area contributed by atoms with Crippen molar-refractivity contribution in [1.29, 1.82) is 0 Å². The Bertz CT molecular complexity index is 379. The van der Waals surface area contributed by atoms with E-state index in [1.54, 1.807) is 42.7 Å². The van der Waals surface area contributed by atoms with Crippen LogP contribution in [-0.2, 0) is 26.6 Å². The lowest BCUT2D eigenvalue weighted by molar-refractivity contribution is 0.120. The summed E-state index contributed by atoms with van der Waals surface area (Å²) in [5.41, 5.74) is 0. The van der Waals surface area contributed by atoms with E-state index in [-0.39, 0.29) is 6.61 Å². The second-order valence-corrected chi connectivity index (χ2v) is 14.9. The largest absolute Gasteiger partial charge is 0.500 e. The number of unbranched alkanes of at least 4 members (excludes halogenated alkanes) is 13. The number of hydrogen-bond acceptors (Lipinski definition) is 7. The van der Waals surface area contributed by atoms with Gasteiger partial charge in [-0.25, -0.2) is 0 Å². The highest BCUT2D eigenvalue weighted by molar-refractivity contribution is 6.60. The van der Waals surface area contributed by atoms with Gasteiger partial charge in [-0.1, -0.05) is 90.4 Å². The molecule has 0 bridgehead atoms. The molecule has 0 aliphatic heterocycles. The maximum Gasteiger partial charge on any atom is 0.500 e. The molecule has 0 saturated carbocycles. The maximum absolute atomic E-state index is 8.57. The van der Waals surface area contributed by atoms with Crippen LogP contribution in [0.25, 0.3) is 0 Å². The molecule has 0 aromatic heterocycles. The minimum Gasteiger partial charge on any atom is -0.396 e. The fraction of sp³-hybridized carbons (Fsp3) is 1.00. The van der Waals surface area contributed by atoms with Crippen molar-refractivity contribution in [3.63, 3.8) is 0 Å². The summed E-state index contributed by atoms with van der Waals surface area (Å²) in [7, 11) is 5.07. The second-order valence-electron chi connectivity index (χ2n) is 8.76. The number of rotatable bonds is 24. The van der Waals surface area contributed by atoms with Crippen molar-refractivity contribution in [2.75, 3.05) is 49.3 Å². The van der Waals surface area contributed by atoms with Gasteiger partial charge in [0.15, 0.2) is 0 Å². The molecule has 0 radical (unpaired) electrons. The summed E-state index contributed by atoms with van der Waals surface area (Å²) in [6, 6.07) is 1.60. The molecular weight excluding hydrogens is 468 g/mol. The molecule has 0 atom stereocenters. The third-order valence-corrected chi connectivity index (χ3v) is 12.0. The Hall–Kier alpha value is 0.154. The predicted molar refractivity (Wildman–Crippen MR) is 145 cm³/mol. The van der Waals surface area contributed by atoms with Crippen LogP contribution in [0.5, 0.6) is 0 Å². The molecule has 0 aromatic carbocycles. The summed E-state index contributed by atoms with van der Waals surface area (Å²) in [6.07, 6.45) is 20.0. The number of hydrogen-bond donors (Lipinski definition) is 1. The molecule has 0 rings (SSSR count). The standard InChI is InChI=1S/C19H42O3Si.C6H16O4Si/c1-5-6-7-8-9-10-11-12-13-14-15-16-17-18-19-23(20-2,21-3)22-4;1-8-11(9-2,10-3)6-4-5-7/h5-19H2,1-4H3;7H,4-6H2,1-3H3. The van der Waals surface area contributed by atoms with Crippen molar-refractivity contribution >= 4 is 17.6 Å². The molecule has 0 aliphatic rings. The van der Waals surface area contributed by atoms with Crippen LogP contribution < -0.4 is 0 Å². The van der Waals surface area contributed by atoms with E-state index in [4.69, 9.17) is 31.7 Å². The first kappa shape index (κ1) is 36.3. The number of aliphatic hydroxyl groups excluding tert-OH is 1. The molecule has 0 heterocycles. The van der Waals surface area contributed by atoms with Crippen molar-refractivity contribution in [2.24, 2.45) is 0 Å². The number of aliphatic hydroxyl groups is 1. The minimum atomic E-state index is -2.40. The van der Waals surface area contributed by atoms with Crippen molar-refractivity contribution in [1.82, 2.24) is 0 Å². The van der Waals surface area contributed by atoms with E-state index in [9.17, 15) is 0 Å². The monoisotopic (exact) mass is 526 g/mol. The summed E-state index contributed by atoms with van der Waals surface area (Å²) in [5, 5.41) is 8.57. The Kier molecular flexibility index (Phi) is 28.0. The van der Waals surface area contributed by atoms with E-state index in [1.807, 2.05) is 0 Å². The van der Waals surface area contributed by atoms with Crippen LogP contribution in [0, 0.1) is 0 Å². The molecule has 34 heavy (non-hydrogen) atoms. The quantitative estimate of drug-likeness (QED) is 0.112. The maximum atomic E-state index is 8.57. The summed E-state index contributed by atoms with van der Waals surface area (Å²) >= 11 is 0. The van der Waals surface area contributed by atoms with Gasteiger partial charge in [-0.05, 0) is 12.8 Å². The SMILES string of the molecule is CCCCCCCCCCCCCCCC[Si](OC)(OC)OC.CO[Si](CCCO)(OC)OC. The molecule has 7 nitrogen and oxygen atoms in total. The predicted octanol–water partition coefficient (Wildman–Crippen LogP) is 6.59. The van der Waals surface area contributed by atoms with Gasteiger partial charge in [0.05, 0.1) is 0 Å². The van der Waals surface area contributed by atoms with Crippen molar-refractivity contribution in [3.05, 3.63) is 0 Å². The molecule has 0 fully saturated rings. The zero-order valence-electron chi connectivity index (χ0n) is 23.6. The molecular formula is C25H58O7Si2. The van der Waals surface area contributed by atoms with Crippen LogP contribution in [0.15, 0.2) is 0 Å². The topological polar surface area (TPSA) is 75.6 Å². The lowest BCUT2D eigenvalue weighted by Crippen LogP contribution is -2.42. The first-order valence-electron chi connectivity index (χ1n) is 13.4. The summed E-state index contributed by atoms with van der Waals surface area (Å²) in [5.74, 6) is 0. The molecule has 9 heteroatoms. The van der Waals surface area contributed by atoms with Crippen molar-refractivity contribution in [2.45, 2.75) is 115 Å². The van der Waals surface area contributed by atoms with Gasteiger partial charge < -0.3 is 31.7 Å². The van der Waals surface area contributed by atoms with E-state index >= 15 is 0 Å². The van der Waals surface area contributed by atoms with Crippen LogP contribution >= 0.6 is 0 Å². The van der Waals surface area contributed by atoms with Crippen molar-refractivity contribution in [3.8, 4) is 0 Å². The van der Waals surface area contributed by atoms with E-state index < -0.39 is 17.6 Å². The van der Waals surface area contributed by atoms with Gasteiger partial charge in [-0.15, -0.1) is 0 Å². The average Bonchev–Trinajstić information content (AvgIpc) is 2.88. The van der Waals surface area contributed by atoms with Gasteiger partial charge in [0.1, 0.15) is 0 Å². The molecule has 1 N–H and O–H groups in total. The van der Waals surface area contributed by atoms with Gasteiger partial charge in [0.25, 0.3) is 0 Å². The summed E-state index contributed by atoms with van der Waals surface area (Å²) < 4.78 is 31.7. The van der Waals surface area contributed by atoms with Crippen LogP contribution in [0.1, 0.15) is 103 Å². The Morgan fingerprint density at radius 1 is 0.412 bits per heavy atom. The summed E-state index contributed by atoms with van der Waals surface area (Å²) in [4.78, 5) is 0. The zero-order valence-corrected chi connectivity index (χ0v) is 25.6. The van der Waals surface area contributed by atoms with E-state index in [2.05, 4.69) is 6.92 Å². The van der Waals surface area contributed by atoms with Crippen LogP contribution in [0.4, 0.5) is 0 Å². The average molecular weight is 527 g/mol. The Morgan fingerprint density at radius 2 is 0.676 bits per heavy atom. The Balaban J connectivity index is 0. The molecule has 208 valence electrons. The lowest BCUT2D eigenvalue weighted by Gasteiger charge is -2.24. The third-order valence-electron chi connectivity index (χ3n) is 6.34. The molecule has 0 unspecified atom stereocenters. The van der Waals surface area contributed by atoms with E-state index in [0.29, 0.717) is 12.5 Å². The van der Waals surface area contributed by atoms with Crippen LogP contribution in [-0.4, -0.2) is 72.0 Å². The van der Waals surface area contributed by atoms with Crippen LogP contribution in [0.2, 0.25) is 12.1 Å². The molecule has 0 saturated heterocycles. The molecule has 0 amide bonds. The summed E-state index contributed by atoms with van der Waals surface area (Å²) in [6.45, 7) is 2.43. The van der Waals surface area contributed by atoms with Gasteiger partial charge in [-0.2, -0.15) is 0 Å². The van der Waals surface area contributed by atoms with Crippen molar-refractivity contribution < 1.29 is 31.7 Å². The van der Waals surface area contributed by atoms with Gasteiger partial charge in [0, 0.05) is 61.4 Å². The highest BCUT2D eigenvalue weighted by Crippen LogP contribution is 2.19. The van der Waals surface area contributed by atoms with E-state index in [1.165, 1.54) is 83.5 Å². The smallest absolute Gasteiger partial charge is 0.396 e. The minimum absolute atomic E-state index is 0.144. The normalized spacial score (nSPS) is 12.0. The fourth-order valence-electron chi connectivity index (χ4n) is 3.94. The Labute approximate surface area is 213 Å². The van der Waals surface area contributed by atoms with E-state index in [0.717, 1.165) is 12.5 Å². The lowest BCUT2D eigenvalue weighted by atomic mass is 10.0. The highest BCUT2D eigenvalue weighted by Gasteiger charge is 2.37. The van der Waals surface area contributed by atoms with Gasteiger partial charge in [-0.3, -0.25) is 0 Å². The van der Waals surface area contributed by atoms with Gasteiger partial charge >= 0.3 is 17.6 Å². The van der Waals surface area contributed by atoms with Gasteiger partial charge in [0.2, 0.25) is 0 Å². The molecule has 0 spiro atoms. The fourth-order valence-corrected chi connectivity index (χ4v) is 7.44. The molecule has 0 aromatic rings. The first-order valence-corrected chi connectivity index (χ1v) is 17.3. The Morgan fingerprint density at radius 3 is 0.941 bits per heavy atom. The third kappa shape index (κ3) is 19.4. The molecule has 0 aliphatic carbocycles. The van der Waals surface area contributed by atoms with Crippen LogP contribution in [0.3, 0.4) is 0 Å². The zero-order chi connectivity index (χ0) is 26.0. The highest BCUT2D eigenvalue weighted by atomic mass is 28.4. The first-order chi connectivity index (χ1) is 16.5. The second kappa shape index (κ2) is 26.2.